The number of aliphatic hydroxyl groups is 1. The Hall–Kier alpha value is -3.35. The number of carbonyl (C=O) groups excluding carboxylic acids is 2. The van der Waals surface area contributed by atoms with Gasteiger partial charge in [0.1, 0.15) is 5.76 Å². The largest absolute Gasteiger partial charge is 0.507 e. The predicted octanol–water partition coefficient (Wildman–Crippen LogP) is 2.93. The van der Waals surface area contributed by atoms with Crippen LogP contribution in [0.5, 0.6) is 11.5 Å². The molecule has 0 spiro atoms. The number of carbonyl (C=O) groups is 2. The lowest BCUT2D eigenvalue weighted by Gasteiger charge is -2.25. The Kier molecular flexibility index (Phi) is 5.63. The highest BCUT2D eigenvalue weighted by Crippen LogP contribution is 2.41. The zero-order chi connectivity index (χ0) is 20.3. The first-order chi connectivity index (χ1) is 13.5. The molecule has 1 N–H and O–H groups in total. The normalized spacial score (nSPS) is 18.4. The van der Waals surface area contributed by atoms with Crippen LogP contribution in [0.4, 0.5) is 0 Å². The van der Waals surface area contributed by atoms with Crippen LogP contribution in [0.1, 0.15) is 30.5 Å². The highest BCUT2D eigenvalue weighted by molar-refractivity contribution is 6.46. The van der Waals surface area contributed by atoms with Gasteiger partial charge in [-0.2, -0.15) is 0 Å². The molecule has 28 heavy (non-hydrogen) atoms. The van der Waals surface area contributed by atoms with Crippen LogP contribution in [-0.4, -0.2) is 47.4 Å². The topological polar surface area (TPSA) is 89.0 Å². The van der Waals surface area contributed by atoms with Crippen molar-refractivity contribution in [1.82, 2.24) is 9.88 Å². The van der Waals surface area contributed by atoms with Crippen molar-refractivity contribution >= 4 is 17.4 Å². The van der Waals surface area contributed by atoms with E-state index in [2.05, 4.69) is 4.98 Å². The van der Waals surface area contributed by atoms with E-state index in [1.165, 1.54) is 31.5 Å². The maximum atomic E-state index is 12.8. The third-order valence-corrected chi connectivity index (χ3v) is 4.68. The Balaban J connectivity index is 2.20. The van der Waals surface area contributed by atoms with E-state index in [0.29, 0.717) is 35.6 Å². The van der Waals surface area contributed by atoms with E-state index in [1.54, 1.807) is 30.3 Å². The van der Waals surface area contributed by atoms with Crippen molar-refractivity contribution < 1.29 is 24.2 Å². The average Bonchev–Trinajstić information content (AvgIpc) is 2.98. The summed E-state index contributed by atoms with van der Waals surface area (Å²) in [7, 11) is 3.05. The number of benzene rings is 1. The van der Waals surface area contributed by atoms with E-state index in [9.17, 15) is 14.7 Å². The lowest BCUT2D eigenvalue weighted by molar-refractivity contribution is -0.139. The fourth-order valence-corrected chi connectivity index (χ4v) is 3.39. The summed E-state index contributed by atoms with van der Waals surface area (Å²) in [6, 6.07) is 7.67. The number of likely N-dealkylation sites (tertiary alicyclic amines) is 1. The SMILES string of the molecule is CCCN1C(=O)C(=O)/C(=C(\O)c2ccncc2)C1c1ccc(OC)c(OC)c1. The summed E-state index contributed by atoms with van der Waals surface area (Å²) in [5.74, 6) is -0.544. The Morgan fingerprint density at radius 2 is 1.79 bits per heavy atom. The van der Waals surface area contributed by atoms with Crippen molar-refractivity contribution in [2.75, 3.05) is 20.8 Å². The minimum atomic E-state index is -0.715. The number of pyridine rings is 1. The van der Waals surface area contributed by atoms with Crippen molar-refractivity contribution in [2.45, 2.75) is 19.4 Å². The second kappa shape index (κ2) is 8.12. The van der Waals surface area contributed by atoms with Crippen LogP contribution < -0.4 is 9.47 Å². The van der Waals surface area contributed by atoms with Crippen molar-refractivity contribution in [1.29, 1.82) is 0 Å². The maximum Gasteiger partial charge on any atom is 0.295 e. The number of hydrogen-bond donors (Lipinski definition) is 1. The highest BCUT2D eigenvalue weighted by atomic mass is 16.5. The molecule has 7 nitrogen and oxygen atoms in total. The van der Waals surface area contributed by atoms with Crippen molar-refractivity contribution in [3.8, 4) is 11.5 Å². The van der Waals surface area contributed by atoms with Gasteiger partial charge in [0.25, 0.3) is 11.7 Å². The molecule has 1 atom stereocenters. The lowest BCUT2D eigenvalue weighted by atomic mass is 9.95. The molecule has 0 aliphatic carbocycles. The first kappa shape index (κ1) is 19.4. The quantitative estimate of drug-likeness (QED) is 0.469. The van der Waals surface area contributed by atoms with Crippen LogP contribution in [0, 0.1) is 0 Å². The molecule has 0 bridgehead atoms. The van der Waals surface area contributed by atoms with Gasteiger partial charge >= 0.3 is 0 Å². The molecule has 1 fully saturated rings. The molecule has 1 saturated heterocycles. The number of ether oxygens (including phenoxy) is 2. The number of hydrogen-bond acceptors (Lipinski definition) is 6. The lowest BCUT2D eigenvalue weighted by Crippen LogP contribution is -2.30. The van der Waals surface area contributed by atoms with E-state index in [0.717, 1.165) is 0 Å². The number of aromatic nitrogens is 1. The second-order valence-electron chi connectivity index (χ2n) is 6.34. The van der Waals surface area contributed by atoms with Crippen LogP contribution in [0.2, 0.25) is 0 Å². The van der Waals surface area contributed by atoms with Gasteiger partial charge in [0.2, 0.25) is 0 Å². The van der Waals surface area contributed by atoms with Gasteiger partial charge in [-0.1, -0.05) is 13.0 Å². The van der Waals surface area contributed by atoms with Gasteiger partial charge in [-0.05, 0) is 36.2 Å². The maximum absolute atomic E-state index is 12.8. The molecule has 1 unspecified atom stereocenters. The van der Waals surface area contributed by atoms with Crippen LogP contribution in [0.15, 0.2) is 48.3 Å². The monoisotopic (exact) mass is 382 g/mol. The van der Waals surface area contributed by atoms with Gasteiger partial charge in [-0.15, -0.1) is 0 Å². The van der Waals surface area contributed by atoms with Crippen molar-refractivity contribution in [3.05, 3.63) is 59.4 Å². The summed E-state index contributed by atoms with van der Waals surface area (Å²) in [5, 5.41) is 10.8. The number of rotatable bonds is 6. The van der Waals surface area contributed by atoms with Gasteiger partial charge < -0.3 is 19.5 Å². The Morgan fingerprint density at radius 1 is 1.11 bits per heavy atom. The van der Waals surface area contributed by atoms with E-state index in [4.69, 9.17) is 9.47 Å². The Morgan fingerprint density at radius 3 is 2.39 bits per heavy atom. The molecule has 7 heteroatoms. The van der Waals surface area contributed by atoms with E-state index >= 15 is 0 Å². The fraction of sp³-hybridized carbons (Fsp3) is 0.286. The highest BCUT2D eigenvalue weighted by Gasteiger charge is 2.45. The molecule has 0 radical (unpaired) electrons. The molecule has 0 saturated carbocycles. The van der Waals surface area contributed by atoms with Crippen LogP contribution in [0.3, 0.4) is 0 Å². The number of amides is 1. The summed E-state index contributed by atoms with van der Waals surface area (Å²) in [6.07, 6.45) is 3.71. The van der Waals surface area contributed by atoms with Gasteiger partial charge in [-0.25, -0.2) is 0 Å². The molecule has 1 aromatic heterocycles. The number of nitrogens with zero attached hydrogens (tertiary/aromatic N) is 2. The standard InChI is InChI=1S/C21H22N2O5/c1-4-11-23-18(14-5-6-15(27-2)16(12-14)28-3)17(20(25)21(23)26)19(24)13-7-9-22-10-8-13/h5-10,12,18,24H,4,11H2,1-3H3/b19-17-. The van der Waals surface area contributed by atoms with E-state index in [1.807, 2.05) is 6.92 Å². The smallest absolute Gasteiger partial charge is 0.295 e. The molecule has 3 rings (SSSR count). The van der Waals surface area contributed by atoms with Crippen LogP contribution in [0.25, 0.3) is 5.76 Å². The van der Waals surface area contributed by atoms with Crippen molar-refractivity contribution in [2.24, 2.45) is 0 Å². The first-order valence-electron chi connectivity index (χ1n) is 8.94. The number of ketones is 1. The third-order valence-electron chi connectivity index (χ3n) is 4.68. The molecule has 1 aliphatic rings. The number of Topliss-reactive ketones (excluding diaryl/α,β-unsaturated/α-hetero) is 1. The summed E-state index contributed by atoms with van der Waals surface area (Å²) >= 11 is 0. The molecule has 1 amide bonds. The second-order valence-corrected chi connectivity index (χ2v) is 6.34. The van der Waals surface area contributed by atoms with Gasteiger partial charge in [0.05, 0.1) is 25.8 Å². The van der Waals surface area contributed by atoms with Crippen molar-refractivity contribution in [3.63, 3.8) is 0 Å². The zero-order valence-corrected chi connectivity index (χ0v) is 16.0. The summed E-state index contributed by atoms with van der Waals surface area (Å²) in [4.78, 5) is 30.9. The minimum Gasteiger partial charge on any atom is -0.507 e. The molecule has 2 heterocycles. The summed E-state index contributed by atoms with van der Waals surface area (Å²) in [6.45, 7) is 2.31. The van der Waals surface area contributed by atoms with Gasteiger partial charge in [0, 0.05) is 24.5 Å². The first-order valence-corrected chi connectivity index (χ1v) is 8.94. The summed E-state index contributed by atoms with van der Waals surface area (Å²) < 4.78 is 10.6. The van der Waals surface area contributed by atoms with E-state index < -0.39 is 17.7 Å². The van der Waals surface area contributed by atoms with E-state index in [-0.39, 0.29) is 11.3 Å². The molecule has 1 aromatic carbocycles. The number of methoxy groups -OCH3 is 2. The number of aliphatic hydroxyl groups excluding tert-OH is 1. The molecule has 146 valence electrons. The third kappa shape index (κ3) is 3.31. The molecular weight excluding hydrogens is 360 g/mol. The Labute approximate surface area is 163 Å². The Bertz CT molecular complexity index is 924. The summed E-state index contributed by atoms with van der Waals surface area (Å²) in [5.41, 5.74) is 1.13. The van der Waals surface area contributed by atoms with Crippen LogP contribution >= 0.6 is 0 Å². The van der Waals surface area contributed by atoms with Crippen LogP contribution in [-0.2, 0) is 9.59 Å². The molecule has 1 aliphatic heterocycles. The van der Waals surface area contributed by atoms with Gasteiger partial charge in [0.15, 0.2) is 11.5 Å². The molecular formula is C21H22N2O5. The predicted molar refractivity (Wildman–Crippen MR) is 103 cm³/mol. The fourth-order valence-electron chi connectivity index (χ4n) is 3.39. The van der Waals surface area contributed by atoms with Gasteiger partial charge in [-0.3, -0.25) is 14.6 Å². The zero-order valence-electron chi connectivity index (χ0n) is 16.0. The average molecular weight is 382 g/mol. The minimum absolute atomic E-state index is 0.0527. The molecule has 2 aromatic rings.